The van der Waals surface area contributed by atoms with Gasteiger partial charge in [-0.2, -0.15) is 0 Å². The van der Waals surface area contributed by atoms with Gasteiger partial charge in [0.2, 0.25) is 0 Å². The Kier molecular flexibility index (Phi) is 5.49. The van der Waals surface area contributed by atoms with E-state index in [0.717, 1.165) is 31.6 Å². The van der Waals surface area contributed by atoms with Crippen LogP contribution in [0.5, 0.6) is 0 Å². The van der Waals surface area contributed by atoms with Crippen LogP contribution in [0, 0.1) is 12.3 Å². The molecular formula is C16H20ClN3O. The summed E-state index contributed by atoms with van der Waals surface area (Å²) in [7, 11) is 1.62. The third-order valence-electron chi connectivity index (χ3n) is 3.72. The van der Waals surface area contributed by atoms with Crippen molar-refractivity contribution in [2.75, 3.05) is 32.0 Å². The van der Waals surface area contributed by atoms with Gasteiger partial charge in [0.1, 0.15) is 0 Å². The Morgan fingerprint density at radius 3 is 2.81 bits per heavy atom. The molecule has 1 amide bonds. The molecule has 1 fully saturated rings. The third-order valence-corrected chi connectivity index (χ3v) is 4.05. The quantitative estimate of drug-likeness (QED) is 0.838. The minimum absolute atomic E-state index is 0.112. The fourth-order valence-corrected chi connectivity index (χ4v) is 2.68. The van der Waals surface area contributed by atoms with Crippen LogP contribution in [0.2, 0.25) is 5.02 Å². The molecular weight excluding hydrogens is 286 g/mol. The van der Waals surface area contributed by atoms with Crippen LogP contribution in [0.15, 0.2) is 18.2 Å². The van der Waals surface area contributed by atoms with E-state index in [2.05, 4.69) is 21.5 Å². The summed E-state index contributed by atoms with van der Waals surface area (Å²) < 4.78 is 0. The molecule has 0 radical (unpaired) electrons. The van der Waals surface area contributed by atoms with E-state index in [9.17, 15) is 4.79 Å². The van der Waals surface area contributed by atoms with Gasteiger partial charge in [-0.3, -0.25) is 9.69 Å². The summed E-state index contributed by atoms with van der Waals surface area (Å²) in [6, 6.07) is 5.63. The maximum absolute atomic E-state index is 11.7. The lowest BCUT2D eigenvalue weighted by Gasteiger charge is -2.31. The first-order chi connectivity index (χ1) is 10.1. The van der Waals surface area contributed by atoms with Gasteiger partial charge >= 0.3 is 0 Å². The van der Waals surface area contributed by atoms with Crippen LogP contribution >= 0.6 is 11.6 Å². The van der Waals surface area contributed by atoms with E-state index < -0.39 is 0 Å². The van der Waals surface area contributed by atoms with Crippen molar-refractivity contribution in [3.05, 3.63) is 28.8 Å². The number of terminal acetylenes is 1. The standard InChI is InChI=1S/C16H20ClN3O/c1-3-8-20-9-6-13(7-10-20)19-15-11-12(16(21)18-2)4-5-14(15)17/h1,4-5,11,13,19H,6-10H2,2H3,(H,18,21). The Morgan fingerprint density at radius 2 is 2.19 bits per heavy atom. The number of hydrogen-bond donors (Lipinski definition) is 2. The average Bonchev–Trinajstić information content (AvgIpc) is 2.51. The van der Waals surface area contributed by atoms with Crippen molar-refractivity contribution in [3.63, 3.8) is 0 Å². The minimum Gasteiger partial charge on any atom is -0.381 e. The monoisotopic (exact) mass is 305 g/mol. The highest BCUT2D eigenvalue weighted by atomic mass is 35.5. The molecule has 1 aliphatic rings. The number of carbonyl (C=O) groups excluding carboxylic acids is 1. The molecule has 21 heavy (non-hydrogen) atoms. The van der Waals surface area contributed by atoms with Gasteiger partial charge in [0.15, 0.2) is 0 Å². The summed E-state index contributed by atoms with van der Waals surface area (Å²) in [5.41, 5.74) is 1.42. The first-order valence-corrected chi connectivity index (χ1v) is 7.46. The highest BCUT2D eigenvalue weighted by molar-refractivity contribution is 6.33. The van der Waals surface area contributed by atoms with Gasteiger partial charge in [-0.05, 0) is 31.0 Å². The largest absolute Gasteiger partial charge is 0.381 e. The molecule has 0 saturated carbocycles. The van der Waals surface area contributed by atoms with Crippen LogP contribution < -0.4 is 10.6 Å². The maximum Gasteiger partial charge on any atom is 0.251 e. The van der Waals surface area contributed by atoms with Gasteiger partial charge in [0.05, 0.1) is 17.3 Å². The normalized spacial score (nSPS) is 16.2. The predicted octanol–water partition coefficient (Wildman–Crippen LogP) is 2.21. The molecule has 0 unspecified atom stereocenters. The number of rotatable bonds is 4. The lowest BCUT2D eigenvalue weighted by Crippen LogP contribution is -2.39. The smallest absolute Gasteiger partial charge is 0.251 e. The van der Waals surface area contributed by atoms with Crippen LogP contribution in [0.25, 0.3) is 0 Å². The van der Waals surface area contributed by atoms with Crippen molar-refractivity contribution >= 4 is 23.2 Å². The molecule has 2 rings (SSSR count). The van der Waals surface area contributed by atoms with E-state index in [0.29, 0.717) is 23.2 Å². The van der Waals surface area contributed by atoms with E-state index >= 15 is 0 Å². The second-order valence-electron chi connectivity index (χ2n) is 5.17. The Morgan fingerprint density at radius 1 is 1.48 bits per heavy atom. The molecule has 1 aliphatic heterocycles. The molecule has 2 N–H and O–H groups in total. The molecule has 112 valence electrons. The van der Waals surface area contributed by atoms with E-state index in [-0.39, 0.29) is 5.91 Å². The molecule has 5 heteroatoms. The van der Waals surface area contributed by atoms with E-state index in [4.69, 9.17) is 18.0 Å². The van der Waals surface area contributed by atoms with Gasteiger partial charge in [-0.25, -0.2) is 0 Å². The Bertz CT molecular complexity index is 545. The highest BCUT2D eigenvalue weighted by Gasteiger charge is 2.19. The summed E-state index contributed by atoms with van der Waals surface area (Å²) in [6.07, 6.45) is 7.37. The number of likely N-dealkylation sites (tertiary alicyclic amines) is 1. The number of carbonyl (C=O) groups is 1. The summed E-state index contributed by atoms with van der Waals surface area (Å²) in [4.78, 5) is 13.9. The third kappa shape index (κ3) is 4.13. The fourth-order valence-electron chi connectivity index (χ4n) is 2.51. The van der Waals surface area contributed by atoms with Crippen molar-refractivity contribution in [1.82, 2.24) is 10.2 Å². The number of benzene rings is 1. The van der Waals surface area contributed by atoms with Crippen LogP contribution in [-0.2, 0) is 0 Å². The molecule has 0 atom stereocenters. The molecule has 4 nitrogen and oxygen atoms in total. The molecule has 0 aromatic heterocycles. The average molecular weight is 306 g/mol. The zero-order chi connectivity index (χ0) is 15.2. The molecule has 1 saturated heterocycles. The highest BCUT2D eigenvalue weighted by Crippen LogP contribution is 2.26. The van der Waals surface area contributed by atoms with Crippen LogP contribution in [0.1, 0.15) is 23.2 Å². The van der Waals surface area contributed by atoms with Crippen molar-refractivity contribution in [3.8, 4) is 12.3 Å². The first-order valence-electron chi connectivity index (χ1n) is 7.08. The molecule has 1 aromatic rings. The topological polar surface area (TPSA) is 44.4 Å². The van der Waals surface area contributed by atoms with Crippen molar-refractivity contribution < 1.29 is 4.79 Å². The molecule has 0 bridgehead atoms. The van der Waals surface area contributed by atoms with Crippen molar-refractivity contribution in [1.29, 1.82) is 0 Å². The molecule has 0 spiro atoms. The van der Waals surface area contributed by atoms with Gasteiger partial charge in [0, 0.05) is 31.7 Å². The Balaban J connectivity index is 2.00. The van der Waals surface area contributed by atoms with Crippen LogP contribution in [0.4, 0.5) is 5.69 Å². The summed E-state index contributed by atoms with van der Waals surface area (Å²) in [5, 5.41) is 6.69. The first kappa shape index (κ1) is 15.7. The number of nitrogens with one attached hydrogen (secondary N) is 2. The molecule has 1 aromatic carbocycles. The van der Waals surface area contributed by atoms with Gasteiger partial charge in [-0.1, -0.05) is 17.5 Å². The number of anilines is 1. The van der Waals surface area contributed by atoms with Gasteiger partial charge in [-0.15, -0.1) is 6.42 Å². The summed E-state index contributed by atoms with van der Waals surface area (Å²) >= 11 is 6.21. The van der Waals surface area contributed by atoms with Crippen molar-refractivity contribution in [2.24, 2.45) is 0 Å². The number of amides is 1. The Labute approximate surface area is 130 Å². The van der Waals surface area contributed by atoms with E-state index in [1.807, 2.05) is 0 Å². The number of piperidine rings is 1. The Hall–Kier alpha value is -1.70. The lowest BCUT2D eigenvalue weighted by molar-refractivity contribution is 0.0963. The predicted molar refractivity (Wildman–Crippen MR) is 86.8 cm³/mol. The fraction of sp³-hybridized carbons (Fsp3) is 0.438. The number of halogens is 1. The number of hydrogen-bond acceptors (Lipinski definition) is 3. The number of nitrogens with zero attached hydrogens (tertiary/aromatic N) is 1. The SMILES string of the molecule is C#CCN1CCC(Nc2cc(C(=O)NC)ccc2Cl)CC1. The van der Waals surface area contributed by atoms with Gasteiger partial charge < -0.3 is 10.6 Å². The lowest BCUT2D eigenvalue weighted by atomic mass is 10.0. The van der Waals surface area contributed by atoms with Crippen molar-refractivity contribution in [2.45, 2.75) is 18.9 Å². The van der Waals surface area contributed by atoms with Crippen LogP contribution in [0.3, 0.4) is 0 Å². The molecule has 1 heterocycles. The van der Waals surface area contributed by atoms with E-state index in [1.165, 1.54) is 0 Å². The van der Waals surface area contributed by atoms with Gasteiger partial charge in [0.25, 0.3) is 5.91 Å². The summed E-state index contributed by atoms with van der Waals surface area (Å²) in [6.45, 7) is 2.67. The zero-order valence-corrected chi connectivity index (χ0v) is 12.9. The summed E-state index contributed by atoms with van der Waals surface area (Å²) in [5.74, 6) is 2.56. The molecule has 0 aliphatic carbocycles. The minimum atomic E-state index is -0.112. The zero-order valence-electron chi connectivity index (χ0n) is 12.2. The second-order valence-corrected chi connectivity index (χ2v) is 5.58. The van der Waals surface area contributed by atoms with Crippen LogP contribution in [-0.4, -0.2) is 43.5 Å². The maximum atomic E-state index is 11.7. The van der Waals surface area contributed by atoms with E-state index in [1.54, 1.807) is 25.2 Å². The second kappa shape index (κ2) is 7.35.